The first-order chi connectivity index (χ1) is 8.45. The molecule has 0 bridgehead atoms. The first-order valence-corrected chi connectivity index (χ1v) is 5.93. The van der Waals surface area contributed by atoms with Gasteiger partial charge in [-0.25, -0.2) is 0 Å². The first kappa shape index (κ1) is 14.0. The largest absolute Gasteiger partial charge is 0.481 e. The van der Waals surface area contributed by atoms with Crippen molar-refractivity contribution in [3.63, 3.8) is 0 Å². The Morgan fingerprint density at radius 2 is 2.17 bits per heavy atom. The van der Waals surface area contributed by atoms with Crippen molar-refractivity contribution >= 4 is 11.7 Å². The fraction of sp³-hybridized carbons (Fsp3) is 0.429. The number of nitrogens with zero attached hydrogens (tertiary/aromatic N) is 1. The van der Waals surface area contributed by atoms with Crippen LogP contribution in [-0.4, -0.2) is 17.6 Å². The normalized spacial score (nSPS) is 11.9. The third kappa shape index (κ3) is 3.49. The van der Waals surface area contributed by atoms with Gasteiger partial charge in [-0.3, -0.25) is 4.79 Å². The number of rotatable bonds is 5. The summed E-state index contributed by atoms with van der Waals surface area (Å²) in [5.41, 5.74) is 2.24. The van der Waals surface area contributed by atoms with Crippen molar-refractivity contribution in [1.82, 2.24) is 0 Å². The topological polar surface area (TPSA) is 73.1 Å². The minimum Gasteiger partial charge on any atom is -0.481 e. The number of anilines is 1. The Morgan fingerprint density at radius 1 is 1.50 bits per heavy atom. The molecule has 0 radical (unpaired) electrons. The van der Waals surface area contributed by atoms with Gasteiger partial charge in [-0.05, 0) is 30.5 Å². The molecule has 0 aromatic heterocycles. The number of nitriles is 1. The van der Waals surface area contributed by atoms with Gasteiger partial charge in [0.05, 0.1) is 17.2 Å². The predicted molar refractivity (Wildman–Crippen MR) is 70.3 cm³/mol. The summed E-state index contributed by atoms with van der Waals surface area (Å²) in [4.78, 5) is 11.1. The van der Waals surface area contributed by atoms with Gasteiger partial charge in [0.1, 0.15) is 6.07 Å². The Bertz CT molecular complexity index is 475. The molecule has 0 saturated carbocycles. The minimum absolute atomic E-state index is 0.0472. The van der Waals surface area contributed by atoms with Crippen LogP contribution in [0.1, 0.15) is 25.0 Å². The van der Waals surface area contributed by atoms with Gasteiger partial charge in [-0.15, -0.1) is 0 Å². The molecule has 0 aliphatic carbocycles. The van der Waals surface area contributed by atoms with Crippen molar-refractivity contribution in [3.8, 4) is 6.07 Å². The van der Waals surface area contributed by atoms with Crippen LogP contribution < -0.4 is 5.32 Å². The molecule has 96 valence electrons. The molecule has 0 heterocycles. The predicted octanol–water partition coefficient (Wildman–Crippen LogP) is 2.64. The van der Waals surface area contributed by atoms with E-state index in [0.29, 0.717) is 17.8 Å². The van der Waals surface area contributed by atoms with Gasteiger partial charge in [-0.1, -0.05) is 19.9 Å². The fourth-order valence-electron chi connectivity index (χ4n) is 1.73. The molecule has 2 N–H and O–H groups in total. The van der Waals surface area contributed by atoms with E-state index in [1.165, 1.54) is 0 Å². The van der Waals surface area contributed by atoms with E-state index in [9.17, 15) is 4.79 Å². The van der Waals surface area contributed by atoms with Crippen LogP contribution in [0.4, 0.5) is 5.69 Å². The second kappa shape index (κ2) is 6.06. The van der Waals surface area contributed by atoms with Crippen molar-refractivity contribution < 1.29 is 9.90 Å². The number of nitrogens with one attached hydrogen (secondary N) is 1. The Kier molecular flexibility index (Phi) is 4.73. The molecule has 1 atom stereocenters. The van der Waals surface area contributed by atoms with Crippen LogP contribution in [0.2, 0.25) is 0 Å². The van der Waals surface area contributed by atoms with Crippen LogP contribution in [0.25, 0.3) is 0 Å². The Morgan fingerprint density at radius 3 is 2.67 bits per heavy atom. The molecule has 1 aromatic rings. The van der Waals surface area contributed by atoms with Crippen molar-refractivity contribution in [2.24, 2.45) is 11.8 Å². The summed E-state index contributed by atoms with van der Waals surface area (Å²) in [5, 5.41) is 21.2. The maximum absolute atomic E-state index is 11.1. The Hall–Kier alpha value is -2.02. The molecule has 0 aliphatic rings. The van der Waals surface area contributed by atoms with Gasteiger partial charge in [0.15, 0.2) is 0 Å². The van der Waals surface area contributed by atoms with Gasteiger partial charge in [0.25, 0.3) is 0 Å². The summed E-state index contributed by atoms with van der Waals surface area (Å²) in [5.74, 6) is -1.23. The van der Waals surface area contributed by atoms with Gasteiger partial charge < -0.3 is 10.4 Å². The van der Waals surface area contributed by atoms with Crippen molar-refractivity contribution in [3.05, 3.63) is 29.3 Å². The van der Waals surface area contributed by atoms with Crippen LogP contribution in [0, 0.1) is 30.1 Å². The highest BCUT2D eigenvalue weighted by Gasteiger charge is 2.21. The lowest BCUT2D eigenvalue weighted by molar-refractivity contribution is -0.142. The zero-order valence-corrected chi connectivity index (χ0v) is 10.9. The van der Waals surface area contributed by atoms with E-state index in [1.54, 1.807) is 6.07 Å². The minimum atomic E-state index is -0.817. The average Bonchev–Trinajstić information content (AvgIpc) is 2.30. The summed E-state index contributed by atoms with van der Waals surface area (Å²) >= 11 is 0. The number of carbonyl (C=O) groups is 1. The lowest BCUT2D eigenvalue weighted by atomic mass is 9.96. The highest BCUT2D eigenvalue weighted by Crippen LogP contribution is 2.18. The first-order valence-electron chi connectivity index (χ1n) is 5.93. The smallest absolute Gasteiger partial charge is 0.308 e. The molecule has 1 aromatic carbocycles. The molecule has 0 aliphatic heterocycles. The zero-order valence-electron chi connectivity index (χ0n) is 10.9. The molecular formula is C14H18N2O2. The fourth-order valence-corrected chi connectivity index (χ4v) is 1.73. The van der Waals surface area contributed by atoms with E-state index in [2.05, 4.69) is 11.4 Å². The van der Waals surface area contributed by atoms with Crippen LogP contribution in [0.15, 0.2) is 18.2 Å². The number of aliphatic carboxylic acids is 1. The van der Waals surface area contributed by atoms with E-state index in [4.69, 9.17) is 10.4 Å². The third-order valence-electron chi connectivity index (χ3n) is 2.93. The average molecular weight is 246 g/mol. The Labute approximate surface area is 107 Å². The molecule has 1 unspecified atom stereocenters. The third-order valence-corrected chi connectivity index (χ3v) is 2.93. The van der Waals surface area contributed by atoms with Crippen molar-refractivity contribution in [1.29, 1.82) is 5.26 Å². The standard InChI is InChI=1S/C14H18N2O2/c1-9(2)12(14(17)18)8-16-13-5-4-10(3)6-11(13)7-15/h4-6,9,12,16H,8H2,1-3H3,(H,17,18). The molecule has 0 saturated heterocycles. The van der Waals surface area contributed by atoms with Crippen LogP contribution in [0.3, 0.4) is 0 Å². The molecular weight excluding hydrogens is 228 g/mol. The number of aryl methyl sites for hydroxylation is 1. The molecule has 0 amide bonds. The van der Waals surface area contributed by atoms with E-state index < -0.39 is 11.9 Å². The molecule has 0 fully saturated rings. The van der Waals surface area contributed by atoms with E-state index in [0.717, 1.165) is 5.56 Å². The van der Waals surface area contributed by atoms with Crippen LogP contribution in [-0.2, 0) is 4.79 Å². The maximum atomic E-state index is 11.1. The van der Waals surface area contributed by atoms with Crippen molar-refractivity contribution in [2.45, 2.75) is 20.8 Å². The SMILES string of the molecule is Cc1ccc(NCC(C(=O)O)C(C)C)c(C#N)c1. The highest BCUT2D eigenvalue weighted by molar-refractivity contribution is 5.71. The Balaban J connectivity index is 2.80. The van der Waals surface area contributed by atoms with Crippen LogP contribution >= 0.6 is 0 Å². The van der Waals surface area contributed by atoms with Gasteiger partial charge in [0.2, 0.25) is 0 Å². The van der Waals surface area contributed by atoms with E-state index in [-0.39, 0.29) is 5.92 Å². The molecule has 4 heteroatoms. The van der Waals surface area contributed by atoms with E-state index >= 15 is 0 Å². The monoisotopic (exact) mass is 246 g/mol. The van der Waals surface area contributed by atoms with Gasteiger partial charge in [-0.2, -0.15) is 5.26 Å². The number of carboxylic acids is 1. The molecule has 0 spiro atoms. The summed E-state index contributed by atoms with van der Waals surface area (Å²) in [6, 6.07) is 7.60. The summed E-state index contributed by atoms with van der Waals surface area (Å²) < 4.78 is 0. The maximum Gasteiger partial charge on any atom is 0.308 e. The van der Waals surface area contributed by atoms with Gasteiger partial charge >= 0.3 is 5.97 Å². The summed E-state index contributed by atoms with van der Waals surface area (Å²) in [7, 11) is 0. The molecule has 1 rings (SSSR count). The number of hydrogen-bond donors (Lipinski definition) is 2. The lowest BCUT2D eigenvalue weighted by Crippen LogP contribution is -2.27. The molecule has 4 nitrogen and oxygen atoms in total. The number of hydrogen-bond acceptors (Lipinski definition) is 3. The second-order valence-electron chi connectivity index (χ2n) is 4.73. The van der Waals surface area contributed by atoms with Crippen molar-refractivity contribution in [2.75, 3.05) is 11.9 Å². The number of carboxylic acid groups (broad SMARTS) is 1. The molecule has 18 heavy (non-hydrogen) atoms. The number of benzene rings is 1. The zero-order chi connectivity index (χ0) is 13.7. The lowest BCUT2D eigenvalue weighted by Gasteiger charge is -2.18. The van der Waals surface area contributed by atoms with Gasteiger partial charge in [0, 0.05) is 6.54 Å². The second-order valence-corrected chi connectivity index (χ2v) is 4.73. The summed E-state index contributed by atoms with van der Waals surface area (Å²) in [6.45, 7) is 5.99. The van der Waals surface area contributed by atoms with E-state index in [1.807, 2.05) is 32.9 Å². The quantitative estimate of drug-likeness (QED) is 0.837. The van der Waals surface area contributed by atoms with Crippen LogP contribution in [0.5, 0.6) is 0 Å². The summed E-state index contributed by atoms with van der Waals surface area (Å²) in [6.07, 6.45) is 0. The highest BCUT2D eigenvalue weighted by atomic mass is 16.4.